The summed E-state index contributed by atoms with van der Waals surface area (Å²) >= 11 is 1.22. The normalized spacial score (nSPS) is 11.1. The minimum atomic E-state index is -4.58. The van der Waals surface area contributed by atoms with Gasteiger partial charge in [0.15, 0.2) is 5.78 Å². The highest BCUT2D eigenvalue weighted by Crippen LogP contribution is 2.34. The minimum absolute atomic E-state index is 0.0247. The number of hydrogen-bond acceptors (Lipinski definition) is 5. The van der Waals surface area contributed by atoms with Crippen LogP contribution in [0.25, 0.3) is 11.3 Å². The third-order valence-corrected chi connectivity index (χ3v) is 5.74. The van der Waals surface area contributed by atoms with Gasteiger partial charge < -0.3 is 5.11 Å². The number of hydrogen-bond donors (Lipinski definition) is 1. The van der Waals surface area contributed by atoms with Gasteiger partial charge in [0.2, 0.25) is 0 Å². The van der Waals surface area contributed by atoms with Gasteiger partial charge in [-0.2, -0.15) is 18.3 Å². The molecule has 0 amide bonds. The van der Waals surface area contributed by atoms with Crippen LogP contribution in [0.4, 0.5) is 13.2 Å². The predicted molar refractivity (Wildman–Crippen MR) is 123 cm³/mol. The number of ketones is 1. The molecule has 0 saturated carbocycles. The smallest absolute Gasteiger partial charge is 0.416 e. The quantitative estimate of drug-likeness (QED) is 0.297. The Morgan fingerprint density at radius 1 is 1.09 bits per heavy atom. The monoisotopic (exact) mass is 495 g/mol. The molecule has 10 heteroatoms. The van der Waals surface area contributed by atoms with Gasteiger partial charge in [0.05, 0.1) is 29.6 Å². The molecule has 0 aliphatic carbocycles. The Morgan fingerprint density at radius 2 is 1.86 bits per heavy atom. The number of carbonyl (C=O) groups excluding carboxylic acids is 1. The fourth-order valence-electron chi connectivity index (χ4n) is 3.19. The number of aromatic carboxylic acids is 1. The van der Waals surface area contributed by atoms with Crippen molar-refractivity contribution in [2.75, 3.05) is 0 Å². The molecular weight excluding hydrogens is 479 g/mol. The fourth-order valence-corrected chi connectivity index (χ4v) is 3.98. The van der Waals surface area contributed by atoms with Crippen LogP contribution in [0.15, 0.2) is 60.2 Å². The SMILES string of the molecule is CC(=O)c1cccc(C#Cc2cc(-c3csc(Cn4cc(C(=O)O)cn4)n3)cc(C(F)(F)F)c2)c1. The lowest BCUT2D eigenvalue weighted by Crippen LogP contribution is -2.05. The maximum absolute atomic E-state index is 13.6. The maximum atomic E-state index is 13.6. The number of nitrogens with zero attached hydrogens (tertiary/aromatic N) is 3. The molecule has 176 valence electrons. The Kier molecular flexibility index (Phi) is 6.53. The summed E-state index contributed by atoms with van der Waals surface area (Å²) in [6, 6.07) is 10.1. The number of rotatable bonds is 5. The number of benzene rings is 2. The second kappa shape index (κ2) is 9.56. The first-order valence-electron chi connectivity index (χ1n) is 10.1. The van der Waals surface area contributed by atoms with Crippen LogP contribution in [0, 0.1) is 11.8 Å². The Balaban J connectivity index is 1.66. The summed E-state index contributed by atoms with van der Waals surface area (Å²) in [7, 11) is 0. The van der Waals surface area contributed by atoms with Gasteiger partial charge >= 0.3 is 12.1 Å². The standard InChI is InChI=1S/C25H16F3N3O3S/c1-15(32)18-4-2-3-16(7-18)5-6-17-8-19(10-21(9-17)25(26,27)28)22-14-35-23(30-22)13-31-12-20(11-29-31)24(33)34/h2-4,7-12,14H,13H2,1H3,(H,33,34). The number of aromatic nitrogens is 3. The second-order valence-corrected chi connectivity index (χ2v) is 8.48. The summed E-state index contributed by atoms with van der Waals surface area (Å²) in [6.07, 6.45) is -2.02. The number of carboxylic acid groups (broad SMARTS) is 1. The van der Waals surface area contributed by atoms with Crippen molar-refractivity contribution in [3.05, 3.63) is 93.1 Å². The molecule has 0 aliphatic rings. The van der Waals surface area contributed by atoms with Crippen LogP contribution >= 0.6 is 11.3 Å². The van der Waals surface area contributed by atoms with E-state index >= 15 is 0 Å². The third kappa shape index (κ3) is 5.83. The second-order valence-electron chi connectivity index (χ2n) is 7.54. The van der Waals surface area contributed by atoms with Gasteiger partial charge in [-0.15, -0.1) is 11.3 Å². The first-order chi connectivity index (χ1) is 16.6. The van der Waals surface area contributed by atoms with Gasteiger partial charge in [-0.05, 0) is 37.3 Å². The molecule has 0 bridgehead atoms. The molecule has 2 aromatic heterocycles. The van der Waals surface area contributed by atoms with E-state index in [9.17, 15) is 22.8 Å². The Hall–Kier alpha value is -4.23. The number of carboxylic acids is 1. The molecule has 1 N–H and O–H groups in total. The zero-order chi connectivity index (χ0) is 25.2. The lowest BCUT2D eigenvalue weighted by atomic mass is 10.0. The van der Waals surface area contributed by atoms with Crippen molar-refractivity contribution < 1.29 is 27.9 Å². The van der Waals surface area contributed by atoms with Crippen molar-refractivity contribution >= 4 is 23.1 Å². The highest BCUT2D eigenvalue weighted by atomic mass is 32.1. The van der Waals surface area contributed by atoms with Gasteiger partial charge in [0.25, 0.3) is 0 Å². The summed E-state index contributed by atoms with van der Waals surface area (Å²) in [5, 5.41) is 15.1. The molecule has 2 aromatic carbocycles. The predicted octanol–water partition coefficient (Wildman–Crippen LogP) is 5.37. The first kappa shape index (κ1) is 23.9. The number of Topliss-reactive ketones (excluding diaryl/α,β-unsaturated/α-hetero) is 1. The molecule has 0 saturated heterocycles. The van der Waals surface area contributed by atoms with E-state index < -0.39 is 17.7 Å². The Bertz CT molecular complexity index is 1490. The van der Waals surface area contributed by atoms with Gasteiger partial charge in [0, 0.05) is 33.8 Å². The van der Waals surface area contributed by atoms with Crippen molar-refractivity contribution in [3.63, 3.8) is 0 Å². The fraction of sp³-hybridized carbons (Fsp3) is 0.120. The Morgan fingerprint density at radius 3 is 2.54 bits per heavy atom. The zero-order valence-corrected chi connectivity index (χ0v) is 18.9. The van der Waals surface area contributed by atoms with Gasteiger partial charge in [-0.1, -0.05) is 24.0 Å². The maximum Gasteiger partial charge on any atom is 0.416 e. The van der Waals surface area contributed by atoms with Crippen molar-refractivity contribution in [3.8, 4) is 23.1 Å². The third-order valence-electron chi connectivity index (χ3n) is 4.91. The van der Waals surface area contributed by atoms with E-state index in [0.29, 0.717) is 21.8 Å². The van der Waals surface area contributed by atoms with E-state index in [1.54, 1.807) is 29.6 Å². The number of thiazole rings is 1. The van der Waals surface area contributed by atoms with E-state index in [4.69, 9.17) is 5.11 Å². The van der Waals surface area contributed by atoms with Crippen LogP contribution in [-0.2, 0) is 12.7 Å². The number of alkyl halides is 3. The van der Waals surface area contributed by atoms with Gasteiger partial charge in [-0.25, -0.2) is 9.78 Å². The van der Waals surface area contributed by atoms with E-state index in [-0.39, 0.29) is 29.0 Å². The number of carbonyl (C=O) groups is 2. The van der Waals surface area contributed by atoms with Crippen molar-refractivity contribution in [2.24, 2.45) is 0 Å². The Labute approximate surface area is 201 Å². The van der Waals surface area contributed by atoms with Crippen molar-refractivity contribution in [2.45, 2.75) is 19.6 Å². The molecule has 0 radical (unpaired) electrons. The van der Waals surface area contributed by atoms with Crippen molar-refractivity contribution in [1.29, 1.82) is 0 Å². The lowest BCUT2D eigenvalue weighted by Gasteiger charge is -2.09. The van der Waals surface area contributed by atoms with Crippen LogP contribution in [0.1, 0.15) is 49.3 Å². The molecule has 4 aromatic rings. The highest BCUT2D eigenvalue weighted by molar-refractivity contribution is 7.09. The average molecular weight is 495 g/mol. The molecule has 0 unspecified atom stereocenters. The summed E-state index contributed by atoms with van der Waals surface area (Å²) in [5.74, 6) is 4.33. The number of halogens is 3. The molecule has 0 aliphatic heterocycles. The summed E-state index contributed by atoms with van der Waals surface area (Å²) < 4.78 is 42.1. The topological polar surface area (TPSA) is 85.1 Å². The molecule has 0 fully saturated rings. The molecule has 6 nitrogen and oxygen atoms in total. The largest absolute Gasteiger partial charge is 0.478 e. The van der Waals surface area contributed by atoms with Crippen LogP contribution in [-0.4, -0.2) is 31.6 Å². The molecular formula is C25H16F3N3O3S. The van der Waals surface area contributed by atoms with Crippen LogP contribution in [0.5, 0.6) is 0 Å². The molecule has 2 heterocycles. The zero-order valence-electron chi connectivity index (χ0n) is 18.1. The molecule has 0 atom stereocenters. The molecule has 4 rings (SSSR count). The lowest BCUT2D eigenvalue weighted by molar-refractivity contribution is -0.137. The first-order valence-corrected chi connectivity index (χ1v) is 11.0. The van der Waals surface area contributed by atoms with E-state index in [1.807, 2.05) is 0 Å². The summed E-state index contributed by atoms with van der Waals surface area (Å²) in [4.78, 5) is 27.0. The van der Waals surface area contributed by atoms with Crippen LogP contribution in [0.3, 0.4) is 0 Å². The molecule has 35 heavy (non-hydrogen) atoms. The highest BCUT2D eigenvalue weighted by Gasteiger charge is 2.31. The molecule has 0 spiro atoms. The van der Waals surface area contributed by atoms with E-state index in [2.05, 4.69) is 21.9 Å². The minimum Gasteiger partial charge on any atom is -0.478 e. The summed E-state index contributed by atoms with van der Waals surface area (Å²) in [6.45, 7) is 1.60. The van der Waals surface area contributed by atoms with Crippen LogP contribution < -0.4 is 0 Å². The average Bonchev–Trinajstić information content (AvgIpc) is 3.47. The van der Waals surface area contributed by atoms with Gasteiger partial charge in [0.1, 0.15) is 5.01 Å². The van der Waals surface area contributed by atoms with Crippen molar-refractivity contribution in [1.82, 2.24) is 14.8 Å². The van der Waals surface area contributed by atoms with E-state index in [1.165, 1.54) is 41.4 Å². The van der Waals surface area contributed by atoms with E-state index in [0.717, 1.165) is 12.1 Å². The van der Waals surface area contributed by atoms with Gasteiger partial charge in [-0.3, -0.25) is 9.48 Å². The van der Waals surface area contributed by atoms with Crippen LogP contribution in [0.2, 0.25) is 0 Å². The summed E-state index contributed by atoms with van der Waals surface area (Å²) in [5.41, 5.74) is 0.868.